The third-order valence-corrected chi connectivity index (χ3v) is 10.1. The number of aryl methyl sites for hydroxylation is 1. The number of methoxy groups -OCH3 is 1. The molecule has 0 bridgehead atoms. The molecule has 8 nitrogen and oxygen atoms in total. The highest BCUT2D eigenvalue weighted by atomic mass is 16.5. The fourth-order valence-electron chi connectivity index (χ4n) is 7.77. The summed E-state index contributed by atoms with van der Waals surface area (Å²) in [5.41, 5.74) is 6.73. The molecule has 3 aromatic heterocycles. The summed E-state index contributed by atoms with van der Waals surface area (Å²) in [7, 11) is 1.72. The van der Waals surface area contributed by atoms with Crippen LogP contribution in [0.3, 0.4) is 0 Å². The zero-order valence-electron chi connectivity index (χ0n) is 25.3. The highest BCUT2D eigenvalue weighted by Gasteiger charge is 2.34. The third kappa shape index (κ3) is 6.14. The molecule has 6 atom stereocenters. The third-order valence-electron chi connectivity index (χ3n) is 10.1. The van der Waals surface area contributed by atoms with E-state index in [4.69, 9.17) is 9.15 Å². The average molecular weight is 581 g/mol. The molecule has 6 heterocycles. The number of nitrogens with one attached hydrogen (secondary N) is 4. The van der Waals surface area contributed by atoms with Crippen molar-refractivity contribution in [2.45, 2.75) is 26.2 Å². The molecule has 3 aliphatic carbocycles. The topological polar surface area (TPSA) is 100 Å². The Morgan fingerprint density at radius 3 is 1.95 bits per heavy atom. The first kappa shape index (κ1) is 28.3. The number of allylic oxidation sites excluding steroid dienone is 3. The normalized spacial score (nSPS) is 29.9. The van der Waals surface area contributed by atoms with Gasteiger partial charge in [-0.25, -0.2) is 0 Å². The van der Waals surface area contributed by atoms with E-state index >= 15 is 0 Å². The van der Waals surface area contributed by atoms with Crippen LogP contribution in [-0.2, 0) is 0 Å². The number of fused-ring (bicyclic) bond motifs is 3. The molecule has 0 aromatic carbocycles. The first-order valence-corrected chi connectivity index (χ1v) is 15.9. The minimum Gasteiger partial charge on any atom is -0.496 e. The predicted molar refractivity (Wildman–Crippen MR) is 170 cm³/mol. The molecule has 226 valence electrons. The first-order valence-electron chi connectivity index (χ1n) is 15.9. The molecule has 0 spiro atoms. The van der Waals surface area contributed by atoms with E-state index in [1.54, 1.807) is 13.3 Å². The lowest BCUT2D eigenvalue weighted by Gasteiger charge is -2.09. The van der Waals surface area contributed by atoms with Gasteiger partial charge in [0.25, 0.3) is 0 Å². The minimum atomic E-state index is 0.708. The lowest BCUT2D eigenvalue weighted by molar-refractivity contribution is 0.412. The molecule has 0 radical (unpaired) electrons. The van der Waals surface area contributed by atoms with Gasteiger partial charge in [-0.3, -0.25) is 10.1 Å². The van der Waals surface area contributed by atoms with Gasteiger partial charge in [0.2, 0.25) is 0 Å². The lowest BCUT2D eigenvalue weighted by atomic mass is 9.98. The maximum Gasteiger partial charge on any atom is 0.129 e. The second-order valence-corrected chi connectivity index (χ2v) is 12.9. The molecular formula is C35H44N6O2. The van der Waals surface area contributed by atoms with Gasteiger partial charge < -0.3 is 25.1 Å². The molecule has 6 unspecified atom stereocenters. The van der Waals surface area contributed by atoms with Gasteiger partial charge in [-0.1, -0.05) is 18.2 Å². The summed E-state index contributed by atoms with van der Waals surface area (Å²) in [5, 5.41) is 17.1. The molecule has 43 heavy (non-hydrogen) atoms. The summed E-state index contributed by atoms with van der Waals surface area (Å²) in [6.45, 7) is 8.93. The van der Waals surface area contributed by atoms with E-state index in [-0.39, 0.29) is 0 Å². The molecule has 3 aromatic rings. The van der Waals surface area contributed by atoms with E-state index in [9.17, 15) is 0 Å². The summed E-state index contributed by atoms with van der Waals surface area (Å²) in [5.74, 6) is 7.68. The molecule has 0 amide bonds. The van der Waals surface area contributed by atoms with Crippen molar-refractivity contribution in [2.24, 2.45) is 35.5 Å². The Morgan fingerprint density at radius 2 is 1.37 bits per heavy atom. The number of nitrogens with zero attached hydrogens (tertiary/aromatic N) is 2. The largest absolute Gasteiger partial charge is 0.496 e. The van der Waals surface area contributed by atoms with Gasteiger partial charge in [-0.15, -0.1) is 0 Å². The molecule has 6 aliphatic rings. The Morgan fingerprint density at radius 1 is 0.744 bits per heavy atom. The summed E-state index contributed by atoms with van der Waals surface area (Å²) in [6, 6.07) is 6.07. The zero-order valence-corrected chi connectivity index (χ0v) is 25.3. The van der Waals surface area contributed by atoms with Gasteiger partial charge in [0.05, 0.1) is 13.3 Å². The maximum absolute atomic E-state index is 5.64. The minimum absolute atomic E-state index is 0.708. The Balaban J connectivity index is 0.000000105. The molecule has 3 fully saturated rings. The highest BCUT2D eigenvalue weighted by Crippen LogP contribution is 2.41. The van der Waals surface area contributed by atoms with Crippen LogP contribution in [0.2, 0.25) is 0 Å². The van der Waals surface area contributed by atoms with Crippen LogP contribution in [0.15, 0.2) is 65.6 Å². The van der Waals surface area contributed by atoms with E-state index in [1.807, 2.05) is 37.6 Å². The highest BCUT2D eigenvalue weighted by molar-refractivity contribution is 5.72. The number of H-pyrrole nitrogens is 1. The van der Waals surface area contributed by atoms with Crippen molar-refractivity contribution in [2.75, 3.05) is 46.4 Å². The number of hydrogen-bond acceptors (Lipinski definition) is 7. The predicted octanol–water partition coefficient (Wildman–Crippen LogP) is 4.96. The fourth-order valence-corrected chi connectivity index (χ4v) is 7.77. The quantitative estimate of drug-likeness (QED) is 0.346. The Kier molecular flexibility index (Phi) is 8.33. The van der Waals surface area contributed by atoms with Crippen LogP contribution in [-0.4, -0.2) is 61.6 Å². The second-order valence-electron chi connectivity index (χ2n) is 12.9. The van der Waals surface area contributed by atoms with E-state index < -0.39 is 0 Å². The van der Waals surface area contributed by atoms with Gasteiger partial charge in [-0.05, 0) is 116 Å². The molecule has 0 saturated carbocycles. The number of aromatic amines is 1. The lowest BCUT2D eigenvalue weighted by Crippen LogP contribution is -2.09. The van der Waals surface area contributed by atoms with Crippen LogP contribution in [0.25, 0.3) is 16.7 Å². The van der Waals surface area contributed by atoms with Gasteiger partial charge in [0, 0.05) is 49.4 Å². The van der Waals surface area contributed by atoms with Crippen LogP contribution >= 0.6 is 0 Å². The number of rotatable bonds is 4. The summed E-state index contributed by atoms with van der Waals surface area (Å²) in [4.78, 5) is 4.20. The van der Waals surface area contributed by atoms with Crippen LogP contribution < -0.4 is 20.7 Å². The van der Waals surface area contributed by atoms with Crippen LogP contribution in [0.1, 0.15) is 41.9 Å². The van der Waals surface area contributed by atoms with Gasteiger partial charge in [-0.2, -0.15) is 5.10 Å². The Bertz CT molecular complexity index is 1490. The Hall–Kier alpha value is -3.46. The van der Waals surface area contributed by atoms with Crippen molar-refractivity contribution in [3.63, 3.8) is 0 Å². The van der Waals surface area contributed by atoms with Crippen molar-refractivity contribution in [3.8, 4) is 5.75 Å². The molecule has 9 rings (SSSR count). The van der Waals surface area contributed by atoms with E-state index in [2.05, 4.69) is 55.4 Å². The van der Waals surface area contributed by atoms with Gasteiger partial charge in [0.1, 0.15) is 17.3 Å². The SMILES string of the molecule is C1=C(c2cn[nH]c2)CC2CNCC12.COc1ccncc1C1=CC2CNCC2C1.Cc1ccc(C2=CC3CNCC3C2)o1. The standard InChI is InChI=1S/C13H16N2O.C12H15NO.C10H13N3/c1-16-13-2-3-14-8-12(13)9-4-10-6-15-7-11(10)5-9;1-8-2-3-12(14-8)9-4-10-6-13-7-11(10)5-9;1-7(10-5-12-13-6-10)2-9-4-11-3-8(1)9/h2-4,8,10-11,15H,5-7H2,1H3;2-4,10-11,13H,5-7H2,1H3;1,5-6,8-9,11H,2-4H2,(H,12,13). The summed E-state index contributed by atoms with van der Waals surface area (Å²) >= 11 is 0. The fraction of sp³-hybridized carbons (Fsp3) is 0.486. The van der Waals surface area contributed by atoms with Gasteiger partial charge >= 0.3 is 0 Å². The second kappa shape index (κ2) is 12.6. The van der Waals surface area contributed by atoms with Crippen molar-refractivity contribution in [1.82, 2.24) is 31.1 Å². The van der Waals surface area contributed by atoms with E-state index in [0.29, 0.717) is 5.92 Å². The molecule has 8 heteroatoms. The number of furan rings is 1. The van der Waals surface area contributed by atoms with Crippen molar-refractivity contribution in [3.05, 3.63) is 83.9 Å². The average Bonchev–Trinajstić information content (AvgIpc) is 3.83. The van der Waals surface area contributed by atoms with Crippen LogP contribution in [0.4, 0.5) is 0 Å². The Labute approximate surface area is 254 Å². The van der Waals surface area contributed by atoms with Crippen LogP contribution in [0, 0.1) is 42.4 Å². The number of ether oxygens (including phenoxy) is 1. The monoisotopic (exact) mass is 580 g/mol. The smallest absolute Gasteiger partial charge is 0.129 e. The van der Waals surface area contributed by atoms with E-state index in [1.165, 1.54) is 53.8 Å². The van der Waals surface area contributed by atoms with Crippen molar-refractivity contribution < 1.29 is 9.15 Å². The number of hydrogen-bond donors (Lipinski definition) is 4. The number of pyridine rings is 1. The number of aromatic nitrogens is 3. The molecule has 3 aliphatic heterocycles. The van der Waals surface area contributed by atoms with Gasteiger partial charge in [0.15, 0.2) is 0 Å². The maximum atomic E-state index is 5.64. The van der Waals surface area contributed by atoms with E-state index in [0.717, 1.165) is 79.5 Å². The molecular weight excluding hydrogens is 536 g/mol. The molecule has 4 N–H and O–H groups in total. The summed E-state index contributed by atoms with van der Waals surface area (Å²) in [6.07, 6.45) is 18.4. The van der Waals surface area contributed by atoms with Crippen molar-refractivity contribution >= 4 is 16.7 Å². The zero-order chi connectivity index (χ0) is 29.2. The summed E-state index contributed by atoms with van der Waals surface area (Å²) < 4.78 is 11.0. The molecule has 3 saturated heterocycles. The van der Waals surface area contributed by atoms with Crippen LogP contribution in [0.5, 0.6) is 5.75 Å². The van der Waals surface area contributed by atoms with Crippen molar-refractivity contribution in [1.29, 1.82) is 0 Å². The first-order chi connectivity index (χ1) is 21.1.